The van der Waals surface area contributed by atoms with Crippen molar-refractivity contribution < 1.29 is 33.8 Å². The van der Waals surface area contributed by atoms with E-state index in [1.165, 1.54) is 4.90 Å². The van der Waals surface area contributed by atoms with Gasteiger partial charge in [0.15, 0.2) is 0 Å². The van der Waals surface area contributed by atoms with Crippen LogP contribution in [0.1, 0.15) is 71.5 Å². The quantitative estimate of drug-likeness (QED) is 0.140. The van der Waals surface area contributed by atoms with Crippen LogP contribution in [0.2, 0.25) is 0 Å². The van der Waals surface area contributed by atoms with Gasteiger partial charge in [-0.25, -0.2) is 0 Å². The Morgan fingerprint density at radius 2 is 1.91 bits per heavy atom. The zero-order valence-electron chi connectivity index (χ0n) is 28.0. The number of nitrogens with one attached hydrogen (secondary N) is 1. The molecule has 3 saturated heterocycles. The molecule has 1 unspecified atom stereocenters. The summed E-state index contributed by atoms with van der Waals surface area (Å²) in [6, 6.07) is 6.88. The van der Waals surface area contributed by atoms with Gasteiger partial charge in [-0.3, -0.25) is 19.2 Å². The van der Waals surface area contributed by atoms with E-state index in [1.807, 2.05) is 51.1 Å². The number of hydrogen-bond acceptors (Lipinski definition) is 7. The lowest BCUT2D eigenvalue weighted by atomic mass is 9.70. The average molecular weight is 717 g/mol. The number of benzene rings is 1. The van der Waals surface area contributed by atoms with Crippen molar-refractivity contribution in [3.05, 3.63) is 61.2 Å². The summed E-state index contributed by atoms with van der Waals surface area (Å²) in [5, 5.41) is 13.5. The van der Waals surface area contributed by atoms with Crippen molar-refractivity contribution in [2.75, 3.05) is 19.7 Å². The molecule has 3 aliphatic heterocycles. The first-order valence-corrected chi connectivity index (χ1v) is 17.7. The zero-order valence-corrected chi connectivity index (χ0v) is 29.6. The van der Waals surface area contributed by atoms with Gasteiger partial charge in [0.2, 0.25) is 17.7 Å². The highest BCUT2D eigenvalue weighted by Gasteiger charge is 2.77. The van der Waals surface area contributed by atoms with Crippen molar-refractivity contribution in [2.45, 2.75) is 101 Å². The molecule has 0 radical (unpaired) electrons. The standard InChI is InChI=1S/C36H50BrN3O7/c1-7-10-17-27(42)38-23(6)30(24-15-13-12-14-16-24)46-35(45)28-29-33(43)40(26(21-41)22(4)5)32(36(29)20-25(37)31(28)47-36)34(44)39(18-9-3)19-11-8-2/h7,9,12-16,22-23,25-26,28-32,41H,1,3,8,10-11,17-21H2,2,4-6H3,(H,38,42)/t23-,25?,26+,28+,29-,30-,31+,32+,36-/m1/s1. The Morgan fingerprint density at radius 3 is 2.51 bits per heavy atom. The largest absolute Gasteiger partial charge is 0.455 e. The van der Waals surface area contributed by atoms with Crippen LogP contribution in [0.4, 0.5) is 0 Å². The van der Waals surface area contributed by atoms with E-state index in [1.54, 1.807) is 24.0 Å². The molecule has 0 saturated carbocycles. The molecule has 47 heavy (non-hydrogen) atoms. The molecule has 9 atom stereocenters. The molecule has 2 N–H and O–H groups in total. The second-order valence-electron chi connectivity index (χ2n) is 13.3. The minimum atomic E-state index is -1.29. The Balaban J connectivity index is 1.73. The summed E-state index contributed by atoms with van der Waals surface area (Å²) in [7, 11) is 0. The Bertz CT molecular complexity index is 1310. The first-order valence-electron chi connectivity index (χ1n) is 16.8. The smallest absolute Gasteiger partial charge is 0.313 e. The van der Waals surface area contributed by atoms with Gasteiger partial charge in [0.05, 0.1) is 36.6 Å². The number of aliphatic hydroxyl groups excluding tert-OH is 1. The molecule has 10 nitrogen and oxygen atoms in total. The summed E-state index contributed by atoms with van der Waals surface area (Å²) in [6.07, 6.45) is 4.53. The van der Waals surface area contributed by atoms with Crippen LogP contribution in [-0.2, 0) is 28.7 Å². The van der Waals surface area contributed by atoms with E-state index in [-0.39, 0.29) is 35.6 Å². The monoisotopic (exact) mass is 715 g/mol. The van der Waals surface area contributed by atoms with Gasteiger partial charge >= 0.3 is 5.97 Å². The van der Waals surface area contributed by atoms with Crippen molar-refractivity contribution in [2.24, 2.45) is 17.8 Å². The van der Waals surface area contributed by atoms with E-state index in [9.17, 15) is 24.3 Å². The molecule has 3 aliphatic rings. The summed E-state index contributed by atoms with van der Waals surface area (Å²) >= 11 is 3.72. The van der Waals surface area contributed by atoms with Crippen LogP contribution in [0.3, 0.4) is 0 Å². The number of rotatable bonds is 17. The van der Waals surface area contributed by atoms with Crippen molar-refractivity contribution in [1.29, 1.82) is 0 Å². The maximum Gasteiger partial charge on any atom is 0.313 e. The van der Waals surface area contributed by atoms with E-state index in [0.29, 0.717) is 31.5 Å². The maximum absolute atomic E-state index is 14.6. The molecular weight excluding hydrogens is 666 g/mol. The van der Waals surface area contributed by atoms with E-state index in [0.717, 1.165) is 12.8 Å². The zero-order chi connectivity index (χ0) is 34.5. The third-order valence-electron chi connectivity index (χ3n) is 9.78. The number of aliphatic hydroxyl groups is 1. The lowest BCUT2D eigenvalue weighted by Crippen LogP contribution is -2.60. The molecule has 3 fully saturated rings. The Labute approximate surface area is 287 Å². The van der Waals surface area contributed by atoms with Gasteiger partial charge in [0.1, 0.15) is 17.7 Å². The number of carbonyl (C=O) groups excluding carboxylic acids is 4. The molecule has 0 aromatic heterocycles. The molecule has 1 aromatic carbocycles. The fraction of sp³-hybridized carbons (Fsp3) is 0.611. The number of halogens is 1. The second-order valence-corrected chi connectivity index (χ2v) is 14.5. The van der Waals surface area contributed by atoms with E-state index < -0.39 is 59.6 Å². The van der Waals surface area contributed by atoms with Crippen LogP contribution < -0.4 is 5.32 Å². The molecule has 2 bridgehead atoms. The first kappa shape index (κ1) is 36.8. The number of carbonyl (C=O) groups is 4. The fourth-order valence-corrected chi connectivity index (χ4v) is 8.45. The predicted molar refractivity (Wildman–Crippen MR) is 182 cm³/mol. The fourth-order valence-electron chi connectivity index (χ4n) is 7.50. The molecule has 11 heteroatoms. The average Bonchev–Trinajstić information content (AvgIpc) is 3.64. The molecule has 0 aliphatic carbocycles. The van der Waals surface area contributed by atoms with Crippen LogP contribution >= 0.6 is 15.9 Å². The summed E-state index contributed by atoms with van der Waals surface area (Å²) in [6.45, 7) is 15.6. The summed E-state index contributed by atoms with van der Waals surface area (Å²) in [5.74, 6) is -3.67. The lowest BCUT2D eigenvalue weighted by molar-refractivity contribution is -0.162. The minimum absolute atomic E-state index is 0.173. The number of fused-ring (bicyclic) bond motifs is 1. The van der Waals surface area contributed by atoms with E-state index in [2.05, 4.69) is 34.4 Å². The van der Waals surface area contributed by atoms with Gasteiger partial charge in [-0.05, 0) is 37.7 Å². The van der Waals surface area contributed by atoms with Gasteiger partial charge in [0, 0.05) is 24.3 Å². The highest BCUT2D eigenvalue weighted by atomic mass is 79.9. The summed E-state index contributed by atoms with van der Waals surface area (Å²) in [5.41, 5.74) is -0.604. The van der Waals surface area contributed by atoms with Crippen LogP contribution in [0.25, 0.3) is 0 Å². The third-order valence-corrected chi connectivity index (χ3v) is 10.6. The van der Waals surface area contributed by atoms with Gasteiger partial charge in [-0.1, -0.05) is 85.6 Å². The number of unbranched alkanes of at least 4 members (excludes halogenated alkanes) is 1. The number of hydrogen-bond donors (Lipinski definition) is 2. The SMILES string of the molecule is C=CCCC(=O)N[C@H](C)[C@@H](OC(=O)[C@@H]1[C@H]2O[C@@]3(CC2Br)[C@H](C(=O)N(CC=C)CCCC)N([C@@H](CO)C(C)C)C(=O)[C@@H]13)c1ccccc1. The van der Waals surface area contributed by atoms with Crippen LogP contribution in [0.15, 0.2) is 55.6 Å². The molecule has 258 valence electrons. The van der Waals surface area contributed by atoms with Gasteiger partial charge < -0.3 is 29.7 Å². The number of nitrogens with zero attached hydrogens (tertiary/aromatic N) is 2. The second kappa shape index (κ2) is 15.9. The maximum atomic E-state index is 14.6. The van der Waals surface area contributed by atoms with Crippen molar-refractivity contribution in [1.82, 2.24) is 15.1 Å². The summed E-state index contributed by atoms with van der Waals surface area (Å²) in [4.78, 5) is 59.0. The Kier molecular flexibility index (Phi) is 12.5. The van der Waals surface area contributed by atoms with Crippen LogP contribution in [0.5, 0.6) is 0 Å². The third kappa shape index (κ3) is 7.22. The Hall–Kier alpha value is -3.02. The summed E-state index contributed by atoms with van der Waals surface area (Å²) < 4.78 is 12.9. The molecule has 1 spiro atoms. The molecular formula is C36H50BrN3O7. The van der Waals surface area contributed by atoms with E-state index in [4.69, 9.17) is 9.47 Å². The number of alkyl halides is 1. The molecule has 1 aromatic rings. The number of likely N-dealkylation sites (tertiary alicyclic amines) is 1. The van der Waals surface area contributed by atoms with Crippen molar-refractivity contribution in [3.8, 4) is 0 Å². The van der Waals surface area contributed by atoms with Crippen LogP contribution in [-0.4, -0.2) is 93.0 Å². The lowest BCUT2D eigenvalue weighted by Gasteiger charge is -2.40. The first-order chi connectivity index (χ1) is 22.5. The Morgan fingerprint density at radius 1 is 1.21 bits per heavy atom. The van der Waals surface area contributed by atoms with E-state index >= 15 is 0 Å². The number of allylic oxidation sites excluding steroid dienone is 1. The van der Waals surface area contributed by atoms with Gasteiger partial charge in [0.25, 0.3) is 0 Å². The number of amides is 3. The molecule has 4 rings (SSSR count). The number of ether oxygens (including phenoxy) is 2. The van der Waals surface area contributed by atoms with Gasteiger partial charge in [-0.15, -0.1) is 13.2 Å². The highest BCUT2D eigenvalue weighted by molar-refractivity contribution is 9.09. The minimum Gasteiger partial charge on any atom is -0.455 e. The topological polar surface area (TPSA) is 125 Å². The number of esters is 1. The molecule has 3 amide bonds. The van der Waals surface area contributed by atoms with Crippen LogP contribution in [0, 0.1) is 17.8 Å². The van der Waals surface area contributed by atoms with Crippen molar-refractivity contribution >= 4 is 39.6 Å². The predicted octanol–water partition coefficient (Wildman–Crippen LogP) is 4.32. The van der Waals surface area contributed by atoms with Gasteiger partial charge in [-0.2, -0.15) is 0 Å². The van der Waals surface area contributed by atoms with Crippen molar-refractivity contribution in [3.63, 3.8) is 0 Å². The highest BCUT2D eigenvalue weighted by Crippen LogP contribution is 2.61. The normalized spacial score (nSPS) is 28.0. The molecule has 3 heterocycles.